The first-order chi connectivity index (χ1) is 8.94. The zero-order valence-corrected chi connectivity index (χ0v) is 11.3. The quantitative estimate of drug-likeness (QED) is 0.936. The lowest BCUT2D eigenvalue weighted by Gasteiger charge is -2.08. The molecule has 1 aromatic heterocycles. The van der Waals surface area contributed by atoms with Crippen molar-refractivity contribution in [3.05, 3.63) is 41.5 Å². The summed E-state index contributed by atoms with van der Waals surface area (Å²) in [5, 5.41) is 3.41. The van der Waals surface area contributed by atoms with Gasteiger partial charge < -0.3 is 4.52 Å². The lowest BCUT2D eigenvalue weighted by molar-refractivity contribution is 0.394. The number of hydrogen-bond acceptors (Lipinski definition) is 4. The zero-order chi connectivity index (χ0) is 14.0. The van der Waals surface area contributed by atoms with Crippen molar-refractivity contribution in [1.82, 2.24) is 5.16 Å². The Balaban J connectivity index is 2.31. The highest BCUT2D eigenvalue weighted by molar-refractivity contribution is 7.92. The lowest BCUT2D eigenvalue weighted by atomic mass is 10.1. The Labute approximate surface area is 110 Å². The summed E-state index contributed by atoms with van der Waals surface area (Å²) in [4.78, 5) is -0.0625. The second kappa shape index (κ2) is 5.00. The molecule has 0 aliphatic carbocycles. The van der Waals surface area contributed by atoms with Gasteiger partial charge >= 0.3 is 0 Å². The lowest BCUT2D eigenvalue weighted by Crippen LogP contribution is -2.13. The minimum atomic E-state index is -3.81. The number of nitrogens with zero attached hydrogens (tertiary/aromatic N) is 1. The molecule has 0 fully saturated rings. The first kappa shape index (κ1) is 13.5. The first-order valence-corrected chi connectivity index (χ1v) is 7.15. The van der Waals surface area contributed by atoms with Crippen LogP contribution >= 0.6 is 0 Å². The molecule has 0 bridgehead atoms. The van der Waals surface area contributed by atoms with Crippen LogP contribution in [0, 0.1) is 12.7 Å². The van der Waals surface area contributed by atoms with E-state index in [4.69, 9.17) is 4.52 Å². The van der Waals surface area contributed by atoms with Gasteiger partial charge in [0.05, 0.1) is 11.9 Å². The summed E-state index contributed by atoms with van der Waals surface area (Å²) in [7, 11) is -3.81. The van der Waals surface area contributed by atoms with Crippen LogP contribution in [0.4, 0.5) is 10.1 Å². The Morgan fingerprint density at radius 2 is 2.16 bits per heavy atom. The number of aryl methyl sites for hydroxylation is 2. The smallest absolute Gasteiger partial charge is 0.267 e. The third kappa shape index (κ3) is 2.76. The molecule has 7 heteroatoms. The summed E-state index contributed by atoms with van der Waals surface area (Å²) in [6, 6.07) is 4.22. The van der Waals surface area contributed by atoms with E-state index >= 15 is 0 Å². The topological polar surface area (TPSA) is 72.2 Å². The van der Waals surface area contributed by atoms with Gasteiger partial charge in [-0.25, -0.2) is 12.8 Å². The fourth-order valence-electron chi connectivity index (χ4n) is 1.66. The predicted octanol–water partition coefficient (Wildman–Crippen LogP) is 2.49. The summed E-state index contributed by atoms with van der Waals surface area (Å²) in [6.07, 6.45) is 1.65. The molecule has 0 saturated heterocycles. The Bertz CT molecular complexity index is 695. The van der Waals surface area contributed by atoms with Crippen molar-refractivity contribution in [3.63, 3.8) is 0 Å². The molecular formula is C12H13FN2O3S. The van der Waals surface area contributed by atoms with Crippen LogP contribution in [-0.4, -0.2) is 13.6 Å². The van der Waals surface area contributed by atoms with Gasteiger partial charge in [-0.15, -0.1) is 0 Å². The summed E-state index contributed by atoms with van der Waals surface area (Å²) in [5.74, 6) is -0.261. The van der Waals surface area contributed by atoms with E-state index in [-0.39, 0.29) is 16.3 Å². The maximum atomic E-state index is 13.6. The average molecular weight is 284 g/mol. The van der Waals surface area contributed by atoms with Crippen LogP contribution in [0.2, 0.25) is 0 Å². The van der Waals surface area contributed by atoms with Crippen molar-refractivity contribution < 1.29 is 17.3 Å². The number of hydrogen-bond donors (Lipinski definition) is 1. The van der Waals surface area contributed by atoms with E-state index in [2.05, 4.69) is 9.88 Å². The second-order valence-electron chi connectivity index (χ2n) is 4.01. The SMILES string of the molecule is CCc1ccc(NS(=O)(=O)c2cnoc2C)cc1F. The normalized spacial score (nSPS) is 11.5. The van der Waals surface area contributed by atoms with Crippen molar-refractivity contribution in [2.75, 3.05) is 4.72 Å². The Morgan fingerprint density at radius 1 is 1.42 bits per heavy atom. The standard InChI is InChI=1S/C12H13FN2O3S/c1-3-9-4-5-10(6-11(9)13)15-19(16,17)12-7-14-18-8(12)2/h4-7,15H,3H2,1-2H3. The highest BCUT2D eigenvalue weighted by Gasteiger charge is 2.20. The van der Waals surface area contributed by atoms with Crippen LogP contribution in [0.1, 0.15) is 18.2 Å². The Morgan fingerprint density at radius 3 is 2.68 bits per heavy atom. The van der Waals surface area contributed by atoms with E-state index in [9.17, 15) is 12.8 Å². The second-order valence-corrected chi connectivity index (χ2v) is 5.66. The molecule has 1 aromatic carbocycles. The number of aromatic nitrogens is 1. The molecule has 2 rings (SSSR count). The van der Waals surface area contributed by atoms with Gasteiger partial charge in [-0.05, 0) is 31.0 Å². The van der Waals surface area contributed by atoms with Crippen LogP contribution in [0.15, 0.2) is 33.8 Å². The maximum Gasteiger partial charge on any atom is 0.267 e. The highest BCUT2D eigenvalue weighted by Crippen LogP contribution is 2.20. The van der Waals surface area contributed by atoms with Crippen LogP contribution in [0.5, 0.6) is 0 Å². The largest absolute Gasteiger partial charge is 0.360 e. The van der Waals surface area contributed by atoms with Crippen molar-refractivity contribution in [3.8, 4) is 0 Å². The monoisotopic (exact) mass is 284 g/mol. The molecule has 0 unspecified atom stereocenters. The summed E-state index contributed by atoms with van der Waals surface area (Å²) in [5.41, 5.74) is 0.694. The van der Waals surface area contributed by atoms with Crippen LogP contribution in [0.25, 0.3) is 0 Å². The molecule has 0 radical (unpaired) electrons. The van der Waals surface area contributed by atoms with E-state index in [1.807, 2.05) is 6.92 Å². The molecule has 0 aliphatic heterocycles. The van der Waals surface area contributed by atoms with Gasteiger partial charge in [-0.2, -0.15) is 0 Å². The predicted molar refractivity (Wildman–Crippen MR) is 67.8 cm³/mol. The van der Waals surface area contributed by atoms with Crippen LogP contribution in [0.3, 0.4) is 0 Å². The third-order valence-corrected chi connectivity index (χ3v) is 4.16. The fraction of sp³-hybridized carbons (Fsp3) is 0.250. The molecule has 5 nitrogen and oxygen atoms in total. The molecule has 102 valence electrons. The van der Waals surface area contributed by atoms with Gasteiger partial charge in [0.2, 0.25) is 0 Å². The molecule has 1 heterocycles. The van der Waals surface area contributed by atoms with Gasteiger partial charge in [0.1, 0.15) is 10.7 Å². The van der Waals surface area contributed by atoms with Gasteiger partial charge in [-0.3, -0.25) is 4.72 Å². The van der Waals surface area contributed by atoms with E-state index in [0.717, 1.165) is 12.3 Å². The number of benzene rings is 1. The van der Waals surface area contributed by atoms with Crippen molar-refractivity contribution in [1.29, 1.82) is 0 Å². The number of nitrogens with one attached hydrogen (secondary N) is 1. The molecule has 19 heavy (non-hydrogen) atoms. The average Bonchev–Trinajstić information content (AvgIpc) is 2.76. The summed E-state index contributed by atoms with van der Waals surface area (Å²) >= 11 is 0. The van der Waals surface area contributed by atoms with Crippen molar-refractivity contribution >= 4 is 15.7 Å². The number of rotatable bonds is 4. The van der Waals surface area contributed by atoms with Gasteiger partial charge in [0, 0.05) is 0 Å². The molecule has 0 amide bonds. The minimum absolute atomic E-state index is 0.0625. The fourth-order valence-corrected chi connectivity index (χ4v) is 2.80. The molecule has 1 N–H and O–H groups in total. The maximum absolute atomic E-state index is 13.6. The van der Waals surface area contributed by atoms with Crippen LogP contribution < -0.4 is 4.72 Å². The zero-order valence-electron chi connectivity index (χ0n) is 10.5. The van der Waals surface area contributed by atoms with Crippen LogP contribution in [-0.2, 0) is 16.4 Å². The van der Waals surface area contributed by atoms with E-state index < -0.39 is 15.8 Å². The Kier molecular flexibility index (Phi) is 3.57. The molecule has 2 aromatic rings. The number of anilines is 1. The van der Waals surface area contributed by atoms with Crippen molar-refractivity contribution in [2.45, 2.75) is 25.2 Å². The number of sulfonamides is 1. The van der Waals surface area contributed by atoms with E-state index in [0.29, 0.717) is 12.0 Å². The molecule has 0 saturated carbocycles. The van der Waals surface area contributed by atoms with E-state index in [1.54, 1.807) is 6.07 Å². The minimum Gasteiger partial charge on any atom is -0.360 e. The van der Waals surface area contributed by atoms with Gasteiger partial charge in [-0.1, -0.05) is 18.1 Å². The third-order valence-electron chi connectivity index (χ3n) is 2.68. The molecule has 0 spiro atoms. The van der Waals surface area contributed by atoms with Gasteiger partial charge in [0.15, 0.2) is 5.76 Å². The molecule has 0 aliphatic rings. The van der Waals surface area contributed by atoms with E-state index in [1.165, 1.54) is 13.0 Å². The molecular weight excluding hydrogens is 271 g/mol. The molecule has 0 atom stereocenters. The highest BCUT2D eigenvalue weighted by atomic mass is 32.2. The first-order valence-electron chi connectivity index (χ1n) is 5.66. The van der Waals surface area contributed by atoms with Gasteiger partial charge in [0.25, 0.3) is 10.0 Å². The Hall–Kier alpha value is -1.89. The summed E-state index contributed by atoms with van der Waals surface area (Å²) in [6.45, 7) is 3.31. The summed E-state index contributed by atoms with van der Waals surface area (Å²) < 4.78 is 44.6. The number of halogens is 1. The van der Waals surface area contributed by atoms with Crippen molar-refractivity contribution in [2.24, 2.45) is 0 Å².